The van der Waals surface area contributed by atoms with Crippen molar-refractivity contribution in [2.75, 3.05) is 4.90 Å². The molecule has 0 saturated carbocycles. The lowest BCUT2D eigenvalue weighted by Crippen LogP contribution is -2.12. The molecule has 0 atom stereocenters. The van der Waals surface area contributed by atoms with Crippen molar-refractivity contribution in [2.45, 2.75) is 0 Å². The summed E-state index contributed by atoms with van der Waals surface area (Å²) in [7, 11) is 0. The summed E-state index contributed by atoms with van der Waals surface area (Å²) in [6.45, 7) is 4.67. The van der Waals surface area contributed by atoms with E-state index in [-0.39, 0.29) is 0 Å². The number of aromatic nitrogens is 1. The first kappa shape index (κ1) is 28.8. The largest absolute Gasteiger partial charge is 0.456 e. The number of fused-ring (bicyclic) bond motifs is 11. The second-order valence-corrected chi connectivity index (χ2v) is 13.4. The number of benzene rings is 7. The Kier molecular flexibility index (Phi) is 6.07. The van der Waals surface area contributed by atoms with Crippen LogP contribution in [0, 0.1) is 0 Å². The number of hydrogen-bond donors (Lipinski definition) is 0. The molecular formula is C48H30N2O2. The molecule has 1 aliphatic heterocycles. The van der Waals surface area contributed by atoms with Crippen molar-refractivity contribution in [3.8, 4) is 16.8 Å². The normalized spacial score (nSPS) is 13.5. The van der Waals surface area contributed by atoms with Crippen LogP contribution in [0.15, 0.2) is 179 Å². The van der Waals surface area contributed by atoms with Gasteiger partial charge in [0, 0.05) is 55.6 Å². The monoisotopic (exact) mass is 666 g/mol. The SMILES string of the molecule is C=C1c2ccc(-c3ccc4c(c3)c3c5c(ccc3n4-c3ccccc3)oc3ccccc35)cc2N(c2ccccc2)/C=C\c2oc3ccccc3c21. The smallest absolute Gasteiger partial charge is 0.137 e. The number of nitrogens with zero attached hydrogens (tertiary/aromatic N) is 2. The molecule has 4 heterocycles. The third kappa shape index (κ3) is 4.15. The van der Waals surface area contributed by atoms with Gasteiger partial charge in [-0.3, -0.25) is 0 Å². The summed E-state index contributed by atoms with van der Waals surface area (Å²) in [5.41, 5.74) is 13.4. The zero-order valence-corrected chi connectivity index (χ0v) is 28.1. The Morgan fingerprint density at radius 3 is 1.94 bits per heavy atom. The molecule has 4 nitrogen and oxygen atoms in total. The van der Waals surface area contributed by atoms with E-state index < -0.39 is 0 Å². The first-order valence-corrected chi connectivity index (χ1v) is 17.5. The molecule has 10 aromatic rings. The first-order chi connectivity index (χ1) is 25.7. The lowest BCUT2D eigenvalue weighted by atomic mass is 9.91. The molecule has 52 heavy (non-hydrogen) atoms. The molecule has 7 aromatic carbocycles. The molecule has 0 N–H and O–H groups in total. The van der Waals surface area contributed by atoms with Gasteiger partial charge in [0.15, 0.2) is 0 Å². The van der Waals surface area contributed by atoms with Gasteiger partial charge in [0.25, 0.3) is 0 Å². The average molecular weight is 667 g/mol. The van der Waals surface area contributed by atoms with Gasteiger partial charge in [-0.25, -0.2) is 0 Å². The molecule has 0 spiro atoms. The van der Waals surface area contributed by atoms with Crippen molar-refractivity contribution in [3.63, 3.8) is 0 Å². The minimum absolute atomic E-state index is 0.806. The number of para-hydroxylation sites is 4. The Hall–Kier alpha value is -7.04. The van der Waals surface area contributed by atoms with E-state index >= 15 is 0 Å². The molecule has 0 unspecified atom stereocenters. The van der Waals surface area contributed by atoms with Gasteiger partial charge >= 0.3 is 0 Å². The molecule has 11 rings (SSSR count). The van der Waals surface area contributed by atoms with E-state index in [2.05, 4.69) is 162 Å². The van der Waals surface area contributed by atoms with E-state index in [0.29, 0.717) is 0 Å². The molecule has 3 aromatic heterocycles. The van der Waals surface area contributed by atoms with Crippen LogP contribution in [0.3, 0.4) is 0 Å². The summed E-state index contributed by atoms with van der Waals surface area (Å²) < 4.78 is 15.1. The summed E-state index contributed by atoms with van der Waals surface area (Å²) in [4.78, 5) is 2.24. The minimum atomic E-state index is 0.806. The van der Waals surface area contributed by atoms with Crippen LogP contribution in [0.2, 0.25) is 0 Å². The van der Waals surface area contributed by atoms with Crippen LogP contribution in [0.25, 0.3) is 83.2 Å². The molecular weight excluding hydrogens is 637 g/mol. The summed E-state index contributed by atoms with van der Waals surface area (Å²) in [6.07, 6.45) is 4.18. The first-order valence-electron chi connectivity index (χ1n) is 17.5. The van der Waals surface area contributed by atoms with Crippen LogP contribution in [0.1, 0.15) is 16.9 Å². The lowest BCUT2D eigenvalue weighted by Gasteiger charge is -2.27. The van der Waals surface area contributed by atoms with E-state index in [9.17, 15) is 0 Å². The zero-order valence-electron chi connectivity index (χ0n) is 28.1. The van der Waals surface area contributed by atoms with Crippen molar-refractivity contribution >= 4 is 77.7 Å². The van der Waals surface area contributed by atoms with Gasteiger partial charge in [-0.15, -0.1) is 0 Å². The Bertz CT molecular complexity index is 3090. The Balaban J connectivity index is 1.17. The highest BCUT2D eigenvalue weighted by Crippen LogP contribution is 2.46. The minimum Gasteiger partial charge on any atom is -0.456 e. The predicted molar refractivity (Wildman–Crippen MR) is 215 cm³/mol. The average Bonchev–Trinajstić information content (AvgIpc) is 3.86. The molecule has 0 radical (unpaired) electrons. The fourth-order valence-corrected chi connectivity index (χ4v) is 8.19. The number of rotatable bonds is 3. The number of anilines is 2. The van der Waals surface area contributed by atoms with E-state index in [4.69, 9.17) is 8.83 Å². The van der Waals surface area contributed by atoms with Crippen molar-refractivity contribution < 1.29 is 8.83 Å². The molecule has 0 aliphatic carbocycles. The second kappa shape index (κ2) is 11.0. The Labute approximate surface area is 299 Å². The molecule has 1 aliphatic rings. The predicted octanol–water partition coefficient (Wildman–Crippen LogP) is 13.3. The van der Waals surface area contributed by atoms with Crippen molar-refractivity contribution in [2.24, 2.45) is 0 Å². The summed E-state index contributed by atoms with van der Waals surface area (Å²) in [5, 5.41) is 5.70. The van der Waals surface area contributed by atoms with Crippen LogP contribution in [0.4, 0.5) is 11.4 Å². The van der Waals surface area contributed by atoms with E-state index in [0.717, 1.165) is 94.6 Å². The third-order valence-electron chi connectivity index (χ3n) is 10.5. The van der Waals surface area contributed by atoms with Gasteiger partial charge in [0.2, 0.25) is 0 Å². The maximum absolute atomic E-state index is 6.40. The molecule has 0 fully saturated rings. The standard InChI is InChI=1S/C48H30N2O2/c1-30-35-22-20-32(29-41(35)49(33-12-4-2-5-13-33)27-26-45-46(30)36-16-8-10-18-42(36)52-45)31-21-23-39-38(28-31)47-40(50(39)34-14-6-3-7-15-34)24-25-44-48(47)37-17-9-11-19-43(37)51-44/h2-29H,1H2/b27-26-. The fourth-order valence-electron chi connectivity index (χ4n) is 8.19. The quantitative estimate of drug-likeness (QED) is 0.188. The van der Waals surface area contributed by atoms with E-state index in [1.165, 1.54) is 10.8 Å². The van der Waals surface area contributed by atoms with Crippen LogP contribution >= 0.6 is 0 Å². The molecule has 0 amide bonds. The lowest BCUT2D eigenvalue weighted by molar-refractivity contribution is 0.603. The van der Waals surface area contributed by atoms with Crippen LogP contribution < -0.4 is 4.90 Å². The van der Waals surface area contributed by atoms with Crippen molar-refractivity contribution in [3.05, 3.63) is 187 Å². The highest BCUT2D eigenvalue weighted by atomic mass is 16.3. The van der Waals surface area contributed by atoms with Crippen LogP contribution in [-0.4, -0.2) is 4.57 Å². The van der Waals surface area contributed by atoms with Gasteiger partial charge in [-0.2, -0.15) is 0 Å². The summed E-state index contributed by atoms with van der Waals surface area (Å²) in [6, 6.07) is 55.5. The van der Waals surface area contributed by atoms with E-state index in [1.807, 2.05) is 24.3 Å². The number of furan rings is 2. The second-order valence-electron chi connectivity index (χ2n) is 13.4. The van der Waals surface area contributed by atoms with Crippen LogP contribution in [0.5, 0.6) is 0 Å². The van der Waals surface area contributed by atoms with Crippen molar-refractivity contribution in [1.82, 2.24) is 4.57 Å². The molecule has 4 heteroatoms. The number of hydrogen-bond acceptors (Lipinski definition) is 3. The summed E-state index contributed by atoms with van der Waals surface area (Å²) in [5.74, 6) is 0.806. The van der Waals surface area contributed by atoms with Gasteiger partial charge < -0.3 is 18.3 Å². The van der Waals surface area contributed by atoms with Crippen LogP contribution in [-0.2, 0) is 0 Å². The Morgan fingerprint density at radius 2 is 1.13 bits per heavy atom. The fraction of sp³-hybridized carbons (Fsp3) is 0. The molecule has 244 valence electrons. The highest BCUT2D eigenvalue weighted by Gasteiger charge is 2.24. The molecule has 0 bridgehead atoms. The maximum Gasteiger partial charge on any atom is 0.137 e. The van der Waals surface area contributed by atoms with Gasteiger partial charge in [0.1, 0.15) is 22.5 Å². The maximum atomic E-state index is 6.40. The van der Waals surface area contributed by atoms with Gasteiger partial charge in [-0.05, 0) is 89.5 Å². The topological polar surface area (TPSA) is 34.5 Å². The Morgan fingerprint density at radius 1 is 0.481 bits per heavy atom. The van der Waals surface area contributed by atoms with Crippen molar-refractivity contribution in [1.29, 1.82) is 0 Å². The molecule has 0 saturated heterocycles. The van der Waals surface area contributed by atoms with Gasteiger partial charge in [0.05, 0.1) is 16.7 Å². The third-order valence-corrected chi connectivity index (χ3v) is 10.5. The zero-order chi connectivity index (χ0) is 34.3. The van der Waals surface area contributed by atoms with E-state index in [1.54, 1.807) is 0 Å². The summed E-state index contributed by atoms with van der Waals surface area (Å²) >= 11 is 0. The van der Waals surface area contributed by atoms with Gasteiger partial charge in [-0.1, -0.05) is 97.6 Å². The highest BCUT2D eigenvalue weighted by molar-refractivity contribution is 6.27.